The summed E-state index contributed by atoms with van der Waals surface area (Å²) in [4.78, 5) is 12.6. The van der Waals surface area contributed by atoms with E-state index in [1.807, 2.05) is 81.4 Å². The first-order chi connectivity index (χ1) is 11.5. The molecule has 122 valence electrons. The Balaban J connectivity index is 1.92. The standard InChI is InChI=1S/C21H20O3/c1-14-15(2)21(19(14)22)23-16(3)20(24-21,17-10-6-4-7-11-17)18-12-8-5-9-13-18/h4-13,16H,1-3H3/t16-,21?/m0/s1. The van der Waals surface area contributed by atoms with Crippen molar-refractivity contribution in [2.75, 3.05) is 0 Å². The van der Waals surface area contributed by atoms with Gasteiger partial charge in [-0.3, -0.25) is 4.79 Å². The molecule has 0 saturated carbocycles. The lowest BCUT2D eigenvalue weighted by molar-refractivity contribution is -0.184. The summed E-state index contributed by atoms with van der Waals surface area (Å²) in [6, 6.07) is 20.0. The van der Waals surface area contributed by atoms with Crippen LogP contribution in [0.15, 0.2) is 71.8 Å². The predicted octanol–water partition coefficient (Wildman–Crippen LogP) is 3.98. The van der Waals surface area contributed by atoms with Gasteiger partial charge < -0.3 is 9.47 Å². The van der Waals surface area contributed by atoms with Crippen molar-refractivity contribution in [1.82, 2.24) is 0 Å². The zero-order chi connectivity index (χ0) is 16.9. The molecule has 1 fully saturated rings. The van der Waals surface area contributed by atoms with E-state index in [0.717, 1.165) is 22.3 Å². The third kappa shape index (κ3) is 1.77. The van der Waals surface area contributed by atoms with E-state index in [9.17, 15) is 4.79 Å². The van der Waals surface area contributed by atoms with E-state index in [-0.39, 0.29) is 11.9 Å². The Hall–Kier alpha value is -2.23. The van der Waals surface area contributed by atoms with Crippen LogP contribution in [0.5, 0.6) is 0 Å². The van der Waals surface area contributed by atoms with Gasteiger partial charge in [-0.25, -0.2) is 0 Å². The van der Waals surface area contributed by atoms with Crippen molar-refractivity contribution < 1.29 is 14.3 Å². The van der Waals surface area contributed by atoms with Gasteiger partial charge in [0.2, 0.25) is 5.78 Å². The highest BCUT2D eigenvalue weighted by molar-refractivity contribution is 6.11. The van der Waals surface area contributed by atoms with Crippen LogP contribution in [0.1, 0.15) is 31.9 Å². The largest absolute Gasteiger partial charge is 0.333 e. The van der Waals surface area contributed by atoms with Gasteiger partial charge in [-0.2, -0.15) is 0 Å². The predicted molar refractivity (Wildman–Crippen MR) is 91.4 cm³/mol. The highest BCUT2D eigenvalue weighted by atomic mass is 16.8. The van der Waals surface area contributed by atoms with Crippen molar-refractivity contribution >= 4 is 5.78 Å². The van der Waals surface area contributed by atoms with Crippen LogP contribution in [0.3, 0.4) is 0 Å². The van der Waals surface area contributed by atoms with E-state index >= 15 is 0 Å². The Morgan fingerprint density at radius 2 is 1.38 bits per heavy atom. The second-order valence-electron chi connectivity index (χ2n) is 6.53. The minimum absolute atomic E-state index is 0.0689. The minimum Gasteiger partial charge on any atom is -0.333 e. The number of carbonyl (C=O) groups is 1. The van der Waals surface area contributed by atoms with E-state index in [2.05, 4.69) is 0 Å². The summed E-state index contributed by atoms with van der Waals surface area (Å²) in [5.74, 6) is -1.31. The van der Waals surface area contributed by atoms with Gasteiger partial charge >= 0.3 is 0 Å². The van der Waals surface area contributed by atoms with E-state index in [4.69, 9.17) is 9.47 Å². The van der Waals surface area contributed by atoms with Gasteiger partial charge in [0.1, 0.15) is 5.60 Å². The molecule has 2 aliphatic rings. The fraction of sp³-hybridized carbons (Fsp3) is 0.286. The van der Waals surface area contributed by atoms with Crippen LogP contribution in [0.25, 0.3) is 0 Å². The zero-order valence-corrected chi connectivity index (χ0v) is 14.1. The number of hydrogen-bond donors (Lipinski definition) is 0. The molecule has 1 aliphatic carbocycles. The van der Waals surface area contributed by atoms with Crippen molar-refractivity contribution in [3.63, 3.8) is 0 Å². The first kappa shape index (κ1) is 15.3. The van der Waals surface area contributed by atoms with E-state index in [1.165, 1.54) is 0 Å². The molecule has 0 bridgehead atoms. The molecule has 0 radical (unpaired) electrons. The number of ether oxygens (including phenoxy) is 2. The van der Waals surface area contributed by atoms with E-state index < -0.39 is 11.4 Å². The smallest absolute Gasteiger partial charge is 0.258 e. The normalized spacial score (nSPS) is 28.3. The van der Waals surface area contributed by atoms with Crippen LogP contribution in [-0.2, 0) is 19.9 Å². The van der Waals surface area contributed by atoms with E-state index in [0.29, 0.717) is 0 Å². The maximum absolute atomic E-state index is 12.6. The van der Waals surface area contributed by atoms with Gasteiger partial charge in [0.25, 0.3) is 5.79 Å². The third-order valence-electron chi connectivity index (χ3n) is 5.32. The van der Waals surface area contributed by atoms with Gasteiger partial charge in [-0.05, 0) is 31.9 Å². The molecule has 2 aromatic rings. The lowest BCUT2D eigenvalue weighted by Crippen LogP contribution is -2.51. The summed E-state index contributed by atoms with van der Waals surface area (Å²) in [6.07, 6.45) is -0.297. The Morgan fingerprint density at radius 3 is 1.83 bits per heavy atom. The first-order valence-electron chi connectivity index (χ1n) is 8.24. The summed E-state index contributed by atoms with van der Waals surface area (Å²) in [6.45, 7) is 5.71. The molecule has 2 aromatic carbocycles. The fourth-order valence-corrected chi connectivity index (χ4v) is 3.83. The number of hydrogen-bond acceptors (Lipinski definition) is 3. The molecule has 0 amide bonds. The topological polar surface area (TPSA) is 35.5 Å². The molecule has 0 N–H and O–H groups in total. The van der Waals surface area contributed by atoms with E-state index in [1.54, 1.807) is 0 Å². The average Bonchev–Trinajstić information content (AvgIpc) is 2.98. The van der Waals surface area contributed by atoms with Crippen molar-refractivity contribution in [3.05, 3.63) is 82.9 Å². The van der Waals surface area contributed by atoms with Crippen LogP contribution >= 0.6 is 0 Å². The molecule has 1 saturated heterocycles. The monoisotopic (exact) mass is 320 g/mol. The van der Waals surface area contributed by atoms with Gasteiger partial charge in [0.15, 0.2) is 0 Å². The SMILES string of the molecule is CC1=C(C)C2(O[C@@H](C)C(c3ccccc3)(c3ccccc3)O2)C1=O. The Kier molecular flexibility index (Phi) is 3.27. The number of carbonyl (C=O) groups excluding carboxylic acids is 1. The highest BCUT2D eigenvalue weighted by Crippen LogP contribution is 2.55. The highest BCUT2D eigenvalue weighted by Gasteiger charge is 2.65. The fourth-order valence-electron chi connectivity index (χ4n) is 3.83. The zero-order valence-electron chi connectivity index (χ0n) is 14.1. The van der Waals surface area contributed by atoms with Crippen molar-refractivity contribution in [3.8, 4) is 0 Å². The van der Waals surface area contributed by atoms with Gasteiger partial charge in [0, 0.05) is 11.1 Å². The Morgan fingerprint density at radius 1 is 0.875 bits per heavy atom. The molecular formula is C21H20O3. The van der Waals surface area contributed by atoms with Crippen LogP contribution in [0.2, 0.25) is 0 Å². The second kappa shape index (κ2) is 5.13. The van der Waals surface area contributed by atoms with Gasteiger partial charge in [-0.15, -0.1) is 0 Å². The maximum Gasteiger partial charge on any atom is 0.258 e. The van der Waals surface area contributed by atoms with Gasteiger partial charge in [-0.1, -0.05) is 60.7 Å². The molecule has 24 heavy (non-hydrogen) atoms. The number of rotatable bonds is 2. The molecule has 0 aromatic heterocycles. The Labute approximate surface area is 141 Å². The Bertz CT molecular complexity index is 783. The van der Waals surface area contributed by atoms with Crippen molar-refractivity contribution in [2.45, 2.75) is 38.3 Å². The quantitative estimate of drug-likeness (QED) is 0.839. The van der Waals surface area contributed by atoms with Gasteiger partial charge in [0.05, 0.1) is 6.10 Å². The molecule has 1 spiro atoms. The molecular weight excluding hydrogens is 300 g/mol. The number of ketones is 1. The van der Waals surface area contributed by atoms with Crippen molar-refractivity contribution in [2.24, 2.45) is 0 Å². The molecule has 2 atom stereocenters. The molecule has 4 rings (SSSR count). The van der Waals surface area contributed by atoms with Crippen molar-refractivity contribution in [1.29, 1.82) is 0 Å². The van der Waals surface area contributed by atoms with Crippen LogP contribution in [0.4, 0.5) is 0 Å². The average molecular weight is 320 g/mol. The summed E-state index contributed by atoms with van der Waals surface area (Å²) < 4.78 is 12.7. The second-order valence-corrected chi connectivity index (χ2v) is 6.53. The summed E-state index contributed by atoms with van der Waals surface area (Å²) in [5.41, 5.74) is 2.78. The molecule has 1 unspecified atom stereocenters. The summed E-state index contributed by atoms with van der Waals surface area (Å²) in [7, 11) is 0. The van der Waals surface area contributed by atoms with Crippen LogP contribution < -0.4 is 0 Å². The lowest BCUT2D eigenvalue weighted by atomic mass is 9.80. The molecule has 1 aliphatic heterocycles. The first-order valence-corrected chi connectivity index (χ1v) is 8.24. The minimum atomic E-state index is -1.24. The third-order valence-corrected chi connectivity index (χ3v) is 5.32. The molecule has 3 nitrogen and oxygen atoms in total. The summed E-state index contributed by atoms with van der Waals surface area (Å²) in [5, 5.41) is 0. The number of benzene rings is 2. The molecule has 3 heteroatoms. The summed E-state index contributed by atoms with van der Waals surface area (Å²) >= 11 is 0. The number of Topliss-reactive ketones (excluding diaryl/α,β-unsaturated/α-hetero) is 1. The van der Waals surface area contributed by atoms with Crippen LogP contribution in [-0.4, -0.2) is 17.7 Å². The maximum atomic E-state index is 12.6. The lowest BCUT2D eigenvalue weighted by Gasteiger charge is -2.39. The van der Waals surface area contributed by atoms with Crippen LogP contribution in [0, 0.1) is 0 Å². The molecule has 1 heterocycles.